The third-order valence-electron chi connectivity index (χ3n) is 3.37. The molecular weight excluding hydrogens is 294 g/mol. The van der Waals surface area contributed by atoms with Crippen molar-refractivity contribution in [3.63, 3.8) is 0 Å². The zero-order valence-electron chi connectivity index (χ0n) is 12.6. The van der Waals surface area contributed by atoms with Crippen molar-refractivity contribution >= 4 is 21.4 Å². The second kappa shape index (κ2) is 6.86. The summed E-state index contributed by atoms with van der Waals surface area (Å²) >= 11 is 0. The van der Waals surface area contributed by atoms with E-state index in [0.717, 1.165) is 12.5 Å². The van der Waals surface area contributed by atoms with Crippen LogP contribution in [0.5, 0.6) is 0 Å². The zero-order chi connectivity index (χ0) is 16.2. The molecule has 0 fully saturated rings. The summed E-state index contributed by atoms with van der Waals surface area (Å²) in [4.78, 5) is 10.4. The SMILES string of the molecule is CCC(C)CNS(=O)(=O)c1cc([N+](=O)[O-])c(NC)cc1C. The Morgan fingerprint density at radius 2 is 2.00 bits per heavy atom. The average Bonchev–Trinajstić information content (AvgIpc) is 2.43. The minimum atomic E-state index is -3.76. The number of anilines is 1. The van der Waals surface area contributed by atoms with Crippen LogP contribution in [0, 0.1) is 23.0 Å². The van der Waals surface area contributed by atoms with Gasteiger partial charge < -0.3 is 5.32 Å². The van der Waals surface area contributed by atoms with E-state index in [2.05, 4.69) is 10.0 Å². The first-order valence-electron chi connectivity index (χ1n) is 6.69. The van der Waals surface area contributed by atoms with Crippen LogP contribution in [0.2, 0.25) is 0 Å². The minimum absolute atomic E-state index is 0.0588. The van der Waals surface area contributed by atoms with Crippen molar-refractivity contribution in [1.82, 2.24) is 4.72 Å². The quantitative estimate of drug-likeness (QED) is 0.593. The number of benzene rings is 1. The summed E-state index contributed by atoms with van der Waals surface area (Å²) in [5, 5.41) is 13.7. The molecule has 0 aliphatic carbocycles. The Labute approximate surface area is 124 Å². The van der Waals surface area contributed by atoms with Crippen molar-refractivity contribution in [2.75, 3.05) is 18.9 Å². The van der Waals surface area contributed by atoms with Crippen LogP contribution in [0.3, 0.4) is 0 Å². The highest BCUT2D eigenvalue weighted by Crippen LogP contribution is 2.30. The first kappa shape index (κ1) is 17.4. The maximum Gasteiger partial charge on any atom is 0.293 e. The summed E-state index contributed by atoms with van der Waals surface area (Å²) in [6, 6.07) is 2.57. The van der Waals surface area contributed by atoms with Crippen molar-refractivity contribution in [3.05, 3.63) is 27.8 Å². The van der Waals surface area contributed by atoms with Gasteiger partial charge in [-0.05, 0) is 24.5 Å². The van der Waals surface area contributed by atoms with Crippen LogP contribution in [-0.2, 0) is 10.0 Å². The summed E-state index contributed by atoms with van der Waals surface area (Å²) in [5.41, 5.74) is 0.493. The fourth-order valence-electron chi connectivity index (χ4n) is 1.79. The van der Waals surface area contributed by atoms with Crippen LogP contribution >= 0.6 is 0 Å². The van der Waals surface area contributed by atoms with Gasteiger partial charge in [0.05, 0.1) is 9.82 Å². The van der Waals surface area contributed by atoms with E-state index in [9.17, 15) is 18.5 Å². The molecule has 1 rings (SSSR count). The number of nitrogens with one attached hydrogen (secondary N) is 2. The van der Waals surface area contributed by atoms with Crippen LogP contribution < -0.4 is 10.0 Å². The molecule has 8 heteroatoms. The fourth-order valence-corrected chi connectivity index (χ4v) is 3.20. The summed E-state index contributed by atoms with van der Waals surface area (Å²) in [5.74, 6) is 0.201. The molecule has 21 heavy (non-hydrogen) atoms. The van der Waals surface area contributed by atoms with Gasteiger partial charge in [-0.3, -0.25) is 10.1 Å². The lowest BCUT2D eigenvalue weighted by molar-refractivity contribution is -0.384. The maximum absolute atomic E-state index is 12.3. The molecule has 1 aromatic rings. The standard InChI is InChI=1S/C13H21N3O4S/c1-5-9(2)8-15-21(19,20)13-7-12(16(17)18)11(14-4)6-10(13)3/h6-7,9,14-15H,5,8H2,1-4H3. The number of sulfonamides is 1. The predicted molar refractivity (Wildman–Crippen MR) is 82.0 cm³/mol. The lowest BCUT2D eigenvalue weighted by Gasteiger charge is -2.13. The van der Waals surface area contributed by atoms with E-state index in [1.807, 2.05) is 13.8 Å². The van der Waals surface area contributed by atoms with E-state index in [-0.39, 0.29) is 16.5 Å². The summed E-state index contributed by atoms with van der Waals surface area (Å²) in [7, 11) is -2.21. The van der Waals surface area contributed by atoms with E-state index in [1.165, 1.54) is 6.07 Å². The first-order valence-corrected chi connectivity index (χ1v) is 8.17. The van der Waals surface area contributed by atoms with Crippen molar-refractivity contribution < 1.29 is 13.3 Å². The van der Waals surface area contributed by atoms with Gasteiger partial charge in [-0.2, -0.15) is 0 Å². The van der Waals surface area contributed by atoms with Crippen LogP contribution in [-0.4, -0.2) is 26.9 Å². The van der Waals surface area contributed by atoms with E-state index in [1.54, 1.807) is 14.0 Å². The second-order valence-corrected chi connectivity index (χ2v) is 6.74. The summed E-state index contributed by atoms with van der Waals surface area (Å²) < 4.78 is 27.1. The van der Waals surface area contributed by atoms with Gasteiger partial charge >= 0.3 is 0 Å². The predicted octanol–water partition coefficient (Wildman–Crippen LogP) is 2.27. The van der Waals surface area contributed by atoms with E-state index in [0.29, 0.717) is 17.8 Å². The number of nitrogens with zero attached hydrogens (tertiary/aromatic N) is 1. The highest BCUT2D eigenvalue weighted by Gasteiger charge is 2.23. The van der Waals surface area contributed by atoms with Gasteiger partial charge in [-0.15, -0.1) is 0 Å². The Bertz CT molecular complexity index is 629. The molecule has 118 valence electrons. The molecule has 0 aliphatic heterocycles. The van der Waals surface area contributed by atoms with E-state index < -0.39 is 14.9 Å². The lowest BCUT2D eigenvalue weighted by atomic mass is 10.1. The topological polar surface area (TPSA) is 101 Å². The van der Waals surface area contributed by atoms with Gasteiger partial charge in [0, 0.05) is 19.7 Å². The molecule has 1 unspecified atom stereocenters. The molecule has 0 radical (unpaired) electrons. The zero-order valence-corrected chi connectivity index (χ0v) is 13.5. The van der Waals surface area contributed by atoms with Crippen molar-refractivity contribution in [2.45, 2.75) is 32.1 Å². The van der Waals surface area contributed by atoms with Crippen molar-refractivity contribution in [2.24, 2.45) is 5.92 Å². The van der Waals surface area contributed by atoms with E-state index in [4.69, 9.17) is 0 Å². The highest BCUT2D eigenvalue weighted by molar-refractivity contribution is 7.89. The number of nitro groups is 1. The van der Waals surface area contributed by atoms with Crippen molar-refractivity contribution in [1.29, 1.82) is 0 Å². The van der Waals surface area contributed by atoms with E-state index >= 15 is 0 Å². The highest BCUT2D eigenvalue weighted by atomic mass is 32.2. The summed E-state index contributed by atoms with van der Waals surface area (Å²) in [6.45, 7) is 5.82. The van der Waals surface area contributed by atoms with Crippen molar-refractivity contribution in [3.8, 4) is 0 Å². The Hall–Kier alpha value is -1.67. The maximum atomic E-state index is 12.3. The number of rotatable bonds is 7. The van der Waals surface area contributed by atoms with Gasteiger partial charge in [0.2, 0.25) is 10.0 Å². The fraction of sp³-hybridized carbons (Fsp3) is 0.538. The van der Waals surface area contributed by atoms with Gasteiger partial charge in [-0.1, -0.05) is 20.3 Å². The normalized spacial score (nSPS) is 13.0. The number of aryl methyl sites for hydroxylation is 1. The molecule has 7 nitrogen and oxygen atoms in total. The second-order valence-electron chi connectivity index (χ2n) is 5.01. The molecule has 0 saturated carbocycles. The first-order chi connectivity index (χ1) is 9.72. The molecule has 1 aromatic carbocycles. The number of hydrogen-bond donors (Lipinski definition) is 2. The lowest BCUT2D eigenvalue weighted by Crippen LogP contribution is -2.28. The van der Waals surface area contributed by atoms with Gasteiger partial charge in [0.25, 0.3) is 5.69 Å². The molecule has 0 aliphatic rings. The third-order valence-corrected chi connectivity index (χ3v) is 4.93. The molecule has 0 aromatic heterocycles. The molecule has 2 N–H and O–H groups in total. The minimum Gasteiger partial charge on any atom is -0.383 e. The third kappa shape index (κ3) is 4.15. The number of hydrogen-bond acceptors (Lipinski definition) is 5. The van der Waals surface area contributed by atoms with Gasteiger partial charge in [0.15, 0.2) is 0 Å². The number of nitro benzene ring substituents is 1. The average molecular weight is 315 g/mol. The molecule has 0 amide bonds. The van der Waals surface area contributed by atoms with Crippen LogP contribution in [0.1, 0.15) is 25.8 Å². The Kier molecular flexibility index (Phi) is 5.68. The molecule has 0 spiro atoms. The Morgan fingerprint density at radius 1 is 1.38 bits per heavy atom. The molecule has 1 atom stereocenters. The van der Waals surface area contributed by atoms with Gasteiger partial charge in [0.1, 0.15) is 5.69 Å². The van der Waals surface area contributed by atoms with Gasteiger partial charge in [-0.25, -0.2) is 13.1 Å². The Balaban J connectivity index is 3.23. The van der Waals surface area contributed by atoms with Crippen LogP contribution in [0.15, 0.2) is 17.0 Å². The van der Waals surface area contributed by atoms with Crippen LogP contribution in [0.4, 0.5) is 11.4 Å². The molecule has 0 saturated heterocycles. The monoisotopic (exact) mass is 315 g/mol. The molecule has 0 bridgehead atoms. The Morgan fingerprint density at radius 3 is 2.48 bits per heavy atom. The summed E-state index contributed by atoms with van der Waals surface area (Å²) in [6.07, 6.45) is 0.848. The smallest absolute Gasteiger partial charge is 0.293 e. The largest absolute Gasteiger partial charge is 0.383 e. The molecular formula is C13H21N3O4S. The molecule has 0 heterocycles. The van der Waals surface area contributed by atoms with Crippen LogP contribution in [0.25, 0.3) is 0 Å².